The molecule has 12 heteroatoms. The first kappa shape index (κ1) is 34.3. The highest BCUT2D eigenvalue weighted by molar-refractivity contribution is 7.80. The number of unbranched alkanes of at least 4 members (excludes halogenated alkanes) is 3. The number of thiocarbonyl (C=S) groups is 3. The van der Waals surface area contributed by atoms with Gasteiger partial charge in [-0.05, 0) is 75.2 Å². The molecule has 216 valence electrons. The normalized spacial score (nSPS) is 10.5. The van der Waals surface area contributed by atoms with E-state index in [2.05, 4.69) is 19.7 Å². The zero-order valence-electron chi connectivity index (χ0n) is 22.5. The van der Waals surface area contributed by atoms with Gasteiger partial charge in [0, 0.05) is 19.3 Å². The summed E-state index contributed by atoms with van der Waals surface area (Å²) in [4.78, 5) is 39.4. The summed E-state index contributed by atoms with van der Waals surface area (Å²) in [7, 11) is 0. The van der Waals surface area contributed by atoms with Gasteiger partial charge in [-0.25, -0.2) is 28.1 Å². The average molecular weight is 598 g/mol. The first-order valence-electron chi connectivity index (χ1n) is 13.0. The van der Waals surface area contributed by atoms with Crippen LogP contribution in [0.2, 0.25) is 0 Å². The number of allylic oxidation sites excluding steroid dienone is 3. The molecule has 0 aromatic carbocycles. The Kier molecular flexibility index (Phi) is 17.8. The molecule has 0 unspecified atom stereocenters. The maximum Gasteiger partial charge on any atom is 0.336 e. The molecule has 0 aliphatic rings. The maximum absolute atomic E-state index is 13.1. The van der Waals surface area contributed by atoms with Crippen LogP contribution in [-0.4, -0.2) is 48.7 Å². The topological polar surface area (TPSA) is 93.7 Å². The lowest BCUT2D eigenvalue weighted by atomic mass is 10.2. The van der Waals surface area contributed by atoms with Crippen molar-refractivity contribution in [2.75, 3.05) is 19.8 Å². The highest BCUT2D eigenvalue weighted by Gasteiger charge is 2.16. The SMILES string of the molecule is C=CCCCC(=S)OCCn1c(=O)n(CCOC(=S)CCCC=C)c(=O)n(CCOC(=S)CCCC=C)c1=O. The molecule has 0 aliphatic heterocycles. The van der Waals surface area contributed by atoms with Gasteiger partial charge in [0.15, 0.2) is 15.2 Å². The van der Waals surface area contributed by atoms with Crippen molar-refractivity contribution < 1.29 is 14.2 Å². The Balaban J connectivity index is 3.03. The molecule has 0 bridgehead atoms. The van der Waals surface area contributed by atoms with Crippen molar-refractivity contribution in [3.8, 4) is 0 Å². The summed E-state index contributed by atoms with van der Waals surface area (Å²) in [6.07, 6.45) is 11.9. The van der Waals surface area contributed by atoms with Crippen molar-refractivity contribution in [3.05, 3.63) is 69.4 Å². The monoisotopic (exact) mass is 597 g/mol. The first-order chi connectivity index (χ1) is 18.8. The highest BCUT2D eigenvalue weighted by Crippen LogP contribution is 2.02. The minimum absolute atomic E-state index is 0.00799. The summed E-state index contributed by atoms with van der Waals surface area (Å²) in [5, 5.41) is 1.15. The number of aromatic nitrogens is 3. The summed E-state index contributed by atoms with van der Waals surface area (Å²) >= 11 is 15.6. The molecule has 1 rings (SSSR count). The van der Waals surface area contributed by atoms with Crippen LogP contribution in [-0.2, 0) is 33.8 Å². The van der Waals surface area contributed by atoms with E-state index in [0.717, 1.165) is 52.2 Å². The van der Waals surface area contributed by atoms with E-state index in [9.17, 15) is 14.4 Å². The van der Waals surface area contributed by atoms with E-state index in [0.29, 0.717) is 34.4 Å². The molecular formula is C27H39N3O6S3. The minimum atomic E-state index is -0.760. The summed E-state index contributed by atoms with van der Waals surface area (Å²) in [5.74, 6) is 0. The van der Waals surface area contributed by atoms with Crippen LogP contribution in [0.5, 0.6) is 0 Å². The van der Waals surface area contributed by atoms with E-state index in [1.165, 1.54) is 0 Å². The van der Waals surface area contributed by atoms with Crippen LogP contribution in [0.4, 0.5) is 0 Å². The smallest absolute Gasteiger partial charge is 0.336 e. The van der Waals surface area contributed by atoms with E-state index in [1.54, 1.807) is 18.2 Å². The number of hydrogen-bond acceptors (Lipinski definition) is 9. The van der Waals surface area contributed by atoms with Gasteiger partial charge < -0.3 is 14.2 Å². The van der Waals surface area contributed by atoms with Crippen LogP contribution >= 0.6 is 36.7 Å². The van der Waals surface area contributed by atoms with E-state index in [4.69, 9.17) is 50.9 Å². The fraction of sp³-hybridized carbons (Fsp3) is 0.556. The molecule has 0 fully saturated rings. The average Bonchev–Trinajstić information content (AvgIpc) is 2.90. The maximum atomic E-state index is 13.1. The van der Waals surface area contributed by atoms with Crippen molar-refractivity contribution in [3.63, 3.8) is 0 Å². The van der Waals surface area contributed by atoms with Crippen molar-refractivity contribution in [1.82, 2.24) is 13.7 Å². The molecule has 0 radical (unpaired) electrons. The molecule has 0 amide bonds. The molecule has 9 nitrogen and oxygen atoms in total. The molecular weight excluding hydrogens is 559 g/mol. The van der Waals surface area contributed by atoms with Gasteiger partial charge in [-0.1, -0.05) is 18.2 Å². The molecule has 0 aliphatic carbocycles. The Morgan fingerprint density at radius 1 is 0.564 bits per heavy atom. The predicted molar refractivity (Wildman–Crippen MR) is 167 cm³/mol. The van der Waals surface area contributed by atoms with Crippen LogP contribution in [0.3, 0.4) is 0 Å². The summed E-state index contributed by atoms with van der Waals surface area (Å²) < 4.78 is 19.5. The van der Waals surface area contributed by atoms with Crippen LogP contribution in [0.15, 0.2) is 52.3 Å². The van der Waals surface area contributed by atoms with Gasteiger partial charge >= 0.3 is 17.1 Å². The van der Waals surface area contributed by atoms with E-state index < -0.39 is 17.1 Å². The zero-order valence-corrected chi connectivity index (χ0v) is 24.9. The second kappa shape index (κ2) is 20.2. The summed E-state index contributed by atoms with van der Waals surface area (Å²) in [6.45, 7) is 10.8. The molecule has 1 aromatic rings. The molecule has 0 N–H and O–H groups in total. The number of hydrogen-bond donors (Lipinski definition) is 0. The van der Waals surface area contributed by atoms with Crippen LogP contribution < -0.4 is 17.1 Å². The molecule has 0 spiro atoms. The van der Waals surface area contributed by atoms with Gasteiger partial charge in [0.1, 0.15) is 19.8 Å². The van der Waals surface area contributed by atoms with Crippen LogP contribution in [0.1, 0.15) is 57.8 Å². The molecule has 1 aromatic heterocycles. The Morgan fingerprint density at radius 3 is 1.05 bits per heavy atom. The largest absolute Gasteiger partial charge is 0.485 e. The van der Waals surface area contributed by atoms with Gasteiger partial charge in [0.05, 0.1) is 19.6 Å². The van der Waals surface area contributed by atoms with Crippen molar-refractivity contribution in [2.24, 2.45) is 0 Å². The number of ether oxygens (including phenoxy) is 3. The highest BCUT2D eigenvalue weighted by atomic mass is 32.1. The Morgan fingerprint density at radius 2 is 0.821 bits per heavy atom. The van der Waals surface area contributed by atoms with Gasteiger partial charge in [-0.2, -0.15) is 0 Å². The fourth-order valence-corrected chi connectivity index (χ4v) is 4.08. The fourth-order valence-electron chi connectivity index (χ4n) is 3.40. The van der Waals surface area contributed by atoms with Gasteiger partial charge in [0.2, 0.25) is 0 Å². The Hall–Kier alpha value is -2.70. The van der Waals surface area contributed by atoms with E-state index in [-0.39, 0.29) is 39.5 Å². The third kappa shape index (κ3) is 13.3. The van der Waals surface area contributed by atoms with Crippen LogP contribution in [0.25, 0.3) is 0 Å². The summed E-state index contributed by atoms with van der Waals surface area (Å²) in [5.41, 5.74) is -2.28. The first-order valence-corrected chi connectivity index (χ1v) is 14.2. The Bertz CT molecular complexity index is 996. The predicted octanol–water partition coefficient (Wildman–Crippen LogP) is 4.27. The quantitative estimate of drug-likeness (QED) is 0.117. The number of nitrogens with zero attached hydrogens (tertiary/aromatic N) is 3. The van der Waals surface area contributed by atoms with E-state index >= 15 is 0 Å². The van der Waals surface area contributed by atoms with Crippen molar-refractivity contribution in [2.45, 2.75) is 77.4 Å². The van der Waals surface area contributed by atoms with Crippen molar-refractivity contribution >= 4 is 51.8 Å². The molecule has 0 saturated heterocycles. The molecule has 0 saturated carbocycles. The standard InChI is InChI=1S/C27H39N3O6S3/c1-4-7-10-13-22(37)34-19-16-28-25(31)29(17-20-35-23(38)14-11-8-5-2)27(33)30(26(28)32)18-21-36-24(39)15-12-9-6-3/h4-6H,1-3,7-21H2. The van der Waals surface area contributed by atoms with Gasteiger partial charge in [-0.3, -0.25) is 0 Å². The second-order valence-electron chi connectivity index (χ2n) is 8.51. The van der Waals surface area contributed by atoms with Gasteiger partial charge in [-0.15, -0.1) is 19.7 Å². The molecule has 1 heterocycles. The molecule has 0 atom stereocenters. The lowest BCUT2D eigenvalue weighted by Crippen LogP contribution is -2.55. The lowest BCUT2D eigenvalue weighted by Gasteiger charge is -2.15. The van der Waals surface area contributed by atoms with E-state index in [1.807, 2.05) is 0 Å². The Labute approximate surface area is 245 Å². The summed E-state index contributed by atoms with van der Waals surface area (Å²) in [6, 6.07) is 0. The van der Waals surface area contributed by atoms with Crippen molar-refractivity contribution in [1.29, 1.82) is 0 Å². The third-order valence-corrected chi connectivity index (χ3v) is 6.45. The zero-order chi connectivity index (χ0) is 29.0. The molecule has 39 heavy (non-hydrogen) atoms. The minimum Gasteiger partial charge on any atom is -0.485 e. The second-order valence-corrected chi connectivity index (χ2v) is 9.87. The van der Waals surface area contributed by atoms with Crippen LogP contribution in [0, 0.1) is 0 Å². The third-order valence-electron chi connectivity index (χ3n) is 5.49. The number of rotatable bonds is 21. The van der Waals surface area contributed by atoms with Gasteiger partial charge in [0.25, 0.3) is 0 Å². The lowest BCUT2D eigenvalue weighted by molar-refractivity contribution is 0.248.